The van der Waals surface area contributed by atoms with E-state index in [0.717, 1.165) is 0 Å². The summed E-state index contributed by atoms with van der Waals surface area (Å²) >= 11 is 0. The van der Waals surface area contributed by atoms with Crippen LogP contribution >= 0.6 is 0 Å². The molecule has 0 spiro atoms. The molecule has 0 radical (unpaired) electrons. The van der Waals surface area contributed by atoms with E-state index in [9.17, 15) is 8.42 Å². The van der Waals surface area contributed by atoms with Gasteiger partial charge in [-0.15, -0.1) is 0 Å². The number of hydrogen-bond acceptors (Lipinski definition) is 6. The minimum Gasteiger partial charge on any atom is -0.497 e. The number of methoxy groups -OCH3 is 3. The highest BCUT2D eigenvalue weighted by atomic mass is 32.2. The predicted octanol–water partition coefficient (Wildman–Crippen LogP) is 2.19. The van der Waals surface area contributed by atoms with Gasteiger partial charge in [0, 0.05) is 6.54 Å². The van der Waals surface area contributed by atoms with E-state index in [0.29, 0.717) is 22.8 Å². The van der Waals surface area contributed by atoms with Crippen molar-refractivity contribution in [2.45, 2.75) is 10.1 Å². The van der Waals surface area contributed by atoms with Gasteiger partial charge in [-0.05, 0) is 42.0 Å². The van der Waals surface area contributed by atoms with Crippen LogP contribution in [0.25, 0.3) is 0 Å². The maximum Gasteiger partial charge on any atom is 0.186 e. The molecule has 0 aliphatic rings. The maximum absolute atomic E-state index is 12.9. The number of hydrogen-bond donors (Lipinski definition) is 1. The smallest absolute Gasteiger partial charge is 0.186 e. The number of rotatable bonds is 7. The van der Waals surface area contributed by atoms with Crippen molar-refractivity contribution in [2.24, 2.45) is 5.73 Å². The van der Waals surface area contributed by atoms with E-state index in [1.165, 1.54) is 33.5 Å². The van der Waals surface area contributed by atoms with Crippen molar-refractivity contribution in [3.8, 4) is 17.2 Å². The summed E-state index contributed by atoms with van der Waals surface area (Å²) in [4.78, 5) is 0.188. The average molecular weight is 351 g/mol. The SMILES string of the molecule is COc1ccc(S(=O)(=O)[C@@H](CN)c2ccc(OC)c(OC)c2)cc1. The molecule has 0 saturated carbocycles. The van der Waals surface area contributed by atoms with E-state index in [-0.39, 0.29) is 11.4 Å². The van der Waals surface area contributed by atoms with Crippen molar-refractivity contribution in [1.29, 1.82) is 0 Å². The van der Waals surface area contributed by atoms with E-state index >= 15 is 0 Å². The van der Waals surface area contributed by atoms with Gasteiger partial charge in [-0.25, -0.2) is 8.42 Å². The molecule has 0 saturated heterocycles. The van der Waals surface area contributed by atoms with Gasteiger partial charge in [0.1, 0.15) is 11.0 Å². The van der Waals surface area contributed by atoms with E-state index < -0.39 is 15.1 Å². The Morgan fingerprint density at radius 1 is 0.917 bits per heavy atom. The third-order valence-electron chi connectivity index (χ3n) is 3.76. The molecule has 2 rings (SSSR count). The van der Waals surface area contributed by atoms with Crippen molar-refractivity contribution in [3.63, 3.8) is 0 Å². The summed E-state index contributed by atoms with van der Waals surface area (Å²) < 4.78 is 41.3. The van der Waals surface area contributed by atoms with Gasteiger partial charge < -0.3 is 19.9 Å². The molecule has 2 N–H and O–H groups in total. The second-order valence-corrected chi connectivity index (χ2v) is 7.19. The molecule has 0 bridgehead atoms. The zero-order chi connectivity index (χ0) is 17.7. The number of benzene rings is 2. The van der Waals surface area contributed by atoms with E-state index in [4.69, 9.17) is 19.9 Å². The van der Waals surface area contributed by atoms with Crippen LogP contribution in [0.1, 0.15) is 10.8 Å². The molecule has 130 valence electrons. The standard InChI is InChI=1S/C17H21NO5S/c1-21-13-5-7-14(8-6-13)24(19,20)17(11-18)12-4-9-15(22-2)16(10-12)23-3/h4-10,17H,11,18H2,1-3H3/t17-/m0/s1. The minimum atomic E-state index is -3.65. The van der Waals surface area contributed by atoms with Gasteiger partial charge in [-0.1, -0.05) is 6.07 Å². The Kier molecular flexibility index (Phi) is 5.69. The van der Waals surface area contributed by atoms with Gasteiger partial charge in [0.25, 0.3) is 0 Å². The van der Waals surface area contributed by atoms with Crippen LogP contribution in [0, 0.1) is 0 Å². The van der Waals surface area contributed by atoms with E-state index in [1.54, 1.807) is 30.3 Å². The van der Waals surface area contributed by atoms with Crippen molar-refractivity contribution in [2.75, 3.05) is 27.9 Å². The Morgan fingerprint density at radius 2 is 1.54 bits per heavy atom. The molecule has 2 aromatic carbocycles. The lowest BCUT2D eigenvalue weighted by Crippen LogP contribution is -2.22. The molecular weight excluding hydrogens is 330 g/mol. The molecule has 0 unspecified atom stereocenters. The van der Waals surface area contributed by atoms with Crippen LogP contribution in [-0.4, -0.2) is 36.3 Å². The fourth-order valence-corrected chi connectivity index (χ4v) is 4.03. The lowest BCUT2D eigenvalue weighted by molar-refractivity contribution is 0.354. The van der Waals surface area contributed by atoms with Crippen molar-refractivity contribution in [3.05, 3.63) is 48.0 Å². The first-order valence-electron chi connectivity index (χ1n) is 7.27. The van der Waals surface area contributed by atoms with Crippen LogP contribution in [0.3, 0.4) is 0 Å². The summed E-state index contributed by atoms with van der Waals surface area (Å²) in [7, 11) is 0.890. The molecule has 24 heavy (non-hydrogen) atoms. The maximum atomic E-state index is 12.9. The van der Waals surface area contributed by atoms with Gasteiger partial charge in [-0.3, -0.25) is 0 Å². The van der Waals surface area contributed by atoms with Gasteiger partial charge in [-0.2, -0.15) is 0 Å². The third-order valence-corrected chi connectivity index (χ3v) is 5.90. The Balaban J connectivity index is 2.45. The molecule has 0 fully saturated rings. The number of ether oxygens (including phenoxy) is 3. The molecule has 1 atom stereocenters. The fraction of sp³-hybridized carbons (Fsp3) is 0.294. The lowest BCUT2D eigenvalue weighted by Gasteiger charge is -2.18. The zero-order valence-electron chi connectivity index (χ0n) is 13.9. The van der Waals surface area contributed by atoms with Crippen molar-refractivity contribution in [1.82, 2.24) is 0 Å². The molecule has 2 aromatic rings. The molecule has 0 aliphatic heterocycles. The topological polar surface area (TPSA) is 87.9 Å². The van der Waals surface area contributed by atoms with Crippen LogP contribution < -0.4 is 19.9 Å². The molecule has 0 amide bonds. The summed E-state index contributed by atoms with van der Waals surface area (Å²) in [6, 6.07) is 11.2. The van der Waals surface area contributed by atoms with Crippen molar-refractivity contribution < 1.29 is 22.6 Å². The number of sulfone groups is 1. The Bertz CT molecular complexity index is 787. The highest BCUT2D eigenvalue weighted by Crippen LogP contribution is 2.34. The molecule has 0 heterocycles. The van der Waals surface area contributed by atoms with Crippen molar-refractivity contribution >= 4 is 9.84 Å². The number of nitrogens with two attached hydrogens (primary N) is 1. The van der Waals surface area contributed by atoms with Gasteiger partial charge in [0.15, 0.2) is 21.3 Å². The largest absolute Gasteiger partial charge is 0.497 e. The Hall–Kier alpha value is -2.25. The summed E-state index contributed by atoms with van der Waals surface area (Å²) in [6.07, 6.45) is 0. The first-order valence-corrected chi connectivity index (χ1v) is 8.82. The molecule has 0 aliphatic carbocycles. The van der Waals surface area contributed by atoms with Crippen LogP contribution in [0.4, 0.5) is 0 Å². The highest BCUT2D eigenvalue weighted by molar-refractivity contribution is 7.91. The van der Waals surface area contributed by atoms with Crippen LogP contribution in [0.5, 0.6) is 17.2 Å². The summed E-state index contributed by atoms with van der Waals surface area (Å²) in [5.74, 6) is 1.57. The monoisotopic (exact) mass is 351 g/mol. The molecule has 6 nitrogen and oxygen atoms in total. The molecule has 7 heteroatoms. The second-order valence-electron chi connectivity index (χ2n) is 5.06. The Morgan fingerprint density at radius 3 is 2.04 bits per heavy atom. The van der Waals surface area contributed by atoms with Gasteiger partial charge in [0.2, 0.25) is 0 Å². The molecular formula is C17H21NO5S. The lowest BCUT2D eigenvalue weighted by atomic mass is 10.1. The predicted molar refractivity (Wildman–Crippen MR) is 91.5 cm³/mol. The van der Waals surface area contributed by atoms with Gasteiger partial charge >= 0.3 is 0 Å². The highest BCUT2D eigenvalue weighted by Gasteiger charge is 2.28. The quantitative estimate of drug-likeness (QED) is 0.823. The summed E-state index contributed by atoms with van der Waals surface area (Å²) in [6.45, 7) is -0.0517. The fourth-order valence-electron chi connectivity index (χ4n) is 2.42. The summed E-state index contributed by atoms with van der Waals surface area (Å²) in [5.41, 5.74) is 6.32. The average Bonchev–Trinajstić information content (AvgIpc) is 2.62. The van der Waals surface area contributed by atoms with E-state index in [1.807, 2.05) is 0 Å². The van der Waals surface area contributed by atoms with Crippen LogP contribution in [-0.2, 0) is 9.84 Å². The van der Waals surface area contributed by atoms with Crippen LogP contribution in [0.15, 0.2) is 47.4 Å². The zero-order valence-corrected chi connectivity index (χ0v) is 14.7. The summed E-state index contributed by atoms with van der Waals surface area (Å²) in [5, 5.41) is -0.884. The molecule has 0 aromatic heterocycles. The normalized spacial score (nSPS) is 12.5. The Labute approximate surface area is 142 Å². The van der Waals surface area contributed by atoms with Gasteiger partial charge in [0.05, 0.1) is 26.2 Å². The third kappa shape index (κ3) is 3.47. The first-order chi connectivity index (χ1) is 11.5. The second kappa shape index (κ2) is 7.55. The minimum absolute atomic E-state index is 0.0517. The van der Waals surface area contributed by atoms with E-state index in [2.05, 4.69) is 0 Å². The van der Waals surface area contributed by atoms with Crippen LogP contribution in [0.2, 0.25) is 0 Å². The first kappa shape index (κ1) is 18.1.